The van der Waals surface area contributed by atoms with E-state index < -0.39 is 5.72 Å². The van der Waals surface area contributed by atoms with Crippen LogP contribution in [0.5, 0.6) is 11.5 Å². The Kier molecular flexibility index (Phi) is 5.57. The van der Waals surface area contributed by atoms with Crippen LogP contribution in [0, 0.1) is 0 Å². The number of hydrogen-bond acceptors (Lipinski definition) is 5. The number of para-hydroxylation sites is 1. The molecule has 3 heterocycles. The fourth-order valence-corrected chi connectivity index (χ4v) is 4.58. The van der Waals surface area contributed by atoms with Crippen LogP contribution in [-0.4, -0.2) is 29.3 Å². The summed E-state index contributed by atoms with van der Waals surface area (Å²) in [7, 11) is 0. The molecule has 2 aromatic carbocycles. The molecule has 2 bridgehead atoms. The highest BCUT2D eigenvalue weighted by atomic mass is 16.5. The van der Waals surface area contributed by atoms with Crippen molar-refractivity contribution in [2.45, 2.75) is 38.6 Å². The van der Waals surface area contributed by atoms with Crippen LogP contribution in [0.1, 0.15) is 47.9 Å². The molecule has 2 aliphatic rings. The zero-order chi connectivity index (χ0) is 23.7. The Balaban J connectivity index is 1.42. The molecule has 174 valence electrons. The predicted octanol–water partition coefficient (Wildman–Crippen LogP) is 4.18. The van der Waals surface area contributed by atoms with Gasteiger partial charge in [0.1, 0.15) is 0 Å². The molecule has 0 unspecified atom stereocenters. The van der Waals surface area contributed by atoms with Crippen molar-refractivity contribution >= 4 is 17.6 Å². The maximum Gasteiger partial charge on any atom is 0.325 e. The molecule has 2 aliphatic heterocycles. The van der Waals surface area contributed by atoms with Crippen molar-refractivity contribution in [3.8, 4) is 11.5 Å². The normalized spacial score (nSPS) is 20.6. The Bertz CT molecular complexity index is 1230. The largest absolute Gasteiger partial charge is 0.490 e. The van der Waals surface area contributed by atoms with Crippen LogP contribution in [0.25, 0.3) is 0 Å². The van der Waals surface area contributed by atoms with Gasteiger partial charge in [-0.15, -0.1) is 0 Å². The third-order valence-corrected chi connectivity index (χ3v) is 6.09. The van der Waals surface area contributed by atoms with E-state index in [1.807, 2.05) is 50.2 Å². The van der Waals surface area contributed by atoms with E-state index in [1.165, 1.54) is 0 Å². The van der Waals surface area contributed by atoms with Crippen LogP contribution < -0.4 is 25.0 Å². The highest BCUT2D eigenvalue weighted by Crippen LogP contribution is 2.49. The van der Waals surface area contributed by atoms with E-state index >= 15 is 0 Å². The molecule has 0 spiro atoms. The lowest BCUT2D eigenvalue weighted by atomic mass is 9.89. The first-order valence-electron chi connectivity index (χ1n) is 11.3. The molecule has 1 aromatic heterocycles. The number of anilines is 1. The smallest absolute Gasteiger partial charge is 0.325 e. The van der Waals surface area contributed by atoms with Crippen molar-refractivity contribution in [3.05, 3.63) is 83.7 Å². The number of rotatable bonds is 6. The molecule has 5 rings (SSSR count). The summed E-state index contributed by atoms with van der Waals surface area (Å²) < 4.78 is 12.2. The Hall–Kier alpha value is -4.07. The number of nitrogens with one attached hydrogen (secondary N) is 2. The van der Waals surface area contributed by atoms with Crippen molar-refractivity contribution in [2.24, 2.45) is 0 Å². The van der Waals surface area contributed by atoms with Crippen molar-refractivity contribution in [1.29, 1.82) is 0 Å². The first-order valence-corrected chi connectivity index (χ1v) is 11.3. The van der Waals surface area contributed by atoms with Gasteiger partial charge in [-0.05, 0) is 50.2 Å². The van der Waals surface area contributed by atoms with Gasteiger partial charge in [-0.25, -0.2) is 4.79 Å². The van der Waals surface area contributed by atoms with Gasteiger partial charge < -0.3 is 20.1 Å². The van der Waals surface area contributed by atoms with Gasteiger partial charge >= 0.3 is 6.03 Å². The number of aromatic nitrogens is 1. The van der Waals surface area contributed by atoms with E-state index in [-0.39, 0.29) is 18.0 Å². The zero-order valence-electron chi connectivity index (χ0n) is 19.1. The molecule has 3 aromatic rings. The molecule has 2 N–H and O–H groups in total. The summed E-state index contributed by atoms with van der Waals surface area (Å²) in [4.78, 5) is 31.8. The van der Waals surface area contributed by atoms with E-state index in [0.29, 0.717) is 42.3 Å². The van der Waals surface area contributed by atoms with E-state index in [4.69, 9.17) is 9.47 Å². The van der Waals surface area contributed by atoms with E-state index in [9.17, 15) is 9.59 Å². The van der Waals surface area contributed by atoms with Gasteiger partial charge in [0.15, 0.2) is 17.2 Å². The summed E-state index contributed by atoms with van der Waals surface area (Å²) in [6.45, 7) is 4.63. The van der Waals surface area contributed by atoms with Gasteiger partial charge in [0.25, 0.3) is 5.91 Å². The van der Waals surface area contributed by atoms with Crippen molar-refractivity contribution in [3.63, 3.8) is 0 Å². The number of amides is 3. The van der Waals surface area contributed by atoms with Crippen LogP contribution in [-0.2, 0) is 6.54 Å². The first kappa shape index (κ1) is 21.8. The first-order chi connectivity index (χ1) is 16.5. The van der Waals surface area contributed by atoms with Crippen LogP contribution in [0.3, 0.4) is 0 Å². The number of hydrogen-bond donors (Lipinski definition) is 2. The van der Waals surface area contributed by atoms with Crippen molar-refractivity contribution in [2.75, 3.05) is 11.5 Å². The molecule has 34 heavy (non-hydrogen) atoms. The topological polar surface area (TPSA) is 92.8 Å². The minimum atomic E-state index is -0.948. The van der Waals surface area contributed by atoms with Crippen molar-refractivity contribution in [1.82, 2.24) is 15.6 Å². The van der Waals surface area contributed by atoms with E-state index in [0.717, 1.165) is 11.3 Å². The van der Waals surface area contributed by atoms with Gasteiger partial charge in [0.05, 0.1) is 30.6 Å². The highest BCUT2D eigenvalue weighted by molar-refractivity contribution is 5.99. The Morgan fingerprint density at radius 3 is 2.88 bits per heavy atom. The fraction of sp³-hybridized carbons (Fsp3) is 0.269. The molecule has 0 radical (unpaired) electrons. The number of ether oxygens (including phenoxy) is 2. The second kappa shape index (κ2) is 8.70. The number of benzene rings is 2. The number of urea groups is 1. The van der Waals surface area contributed by atoms with E-state index in [2.05, 4.69) is 15.6 Å². The summed E-state index contributed by atoms with van der Waals surface area (Å²) in [6, 6.07) is 17.8. The molecule has 8 nitrogen and oxygen atoms in total. The molecule has 1 saturated heterocycles. The number of fused-ring (bicyclic) bond motifs is 4. The average Bonchev–Trinajstić information content (AvgIpc) is 2.83. The van der Waals surface area contributed by atoms with Crippen LogP contribution >= 0.6 is 0 Å². The quantitative estimate of drug-likeness (QED) is 0.578. The number of carbonyl (C=O) groups excluding carboxylic acids is 2. The van der Waals surface area contributed by atoms with Crippen LogP contribution in [0.4, 0.5) is 10.5 Å². The van der Waals surface area contributed by atoms with Gasteiger partial charge in [0, 0.05) is 23.7 Å². The van der Waals surface area contributed by atoms with Crippen LogP contribution in [0.15, 0.2) is 66.9 Å². The molecular weight excluding hydrogens is 432 g/mol. The lowest BCUT2D eigenvalue weighted by molar-refractivity contribution is 0.0343. The van der Waals surface area contributed by atoms with Crippen LogP contribution in [0.2, 0.25) is 0 Å². The molecular formula is C26H26N4O4. The lowest BCUT2D eigenvalue weighted by Crippen LogP contribution is -2.65. The molecule has 8 heteroatoms. The Labute approximate surface area is 197 Å². The Morgan fingerprint density at radius 2 is 2.09 bits per heavy atom. The van der Waals surface area contributed by atoms with Gasteiger partial charge in [-0.1, -0.05) is 24.3 Å². The minimum Gasteiger partial charge on any atom is -0.490 e. The summed E-state index contributed by atoms with van der Waals surface area (Å²) in [5.74, 6) is 1.04. The molecule has 2 atom stereocenters. The van der Waals surface area contributed by atoms with E-state index in [1.54, 1.807) is 35.4 Å². The predicted molar refractivity (Wildman–Crippen MR) is 127 cm³/mol. The highest BCUT2D eigenvalue weighted by Gasteiger charge is 2.50. The number of pyridine rings is 1. The summed E-state index contributed by atoms with van der Waals surface area (Å²) in [5.41, 5.74) is 1.73. The van der Waals surface area contributed by atoms with Gasteiger partial charge in [0.2, 0.25) is 0 Å². The summed E-state index contributed by atoms with van der Waals surface area (Å²) >= 11 is 0. The minimum absolute atomic E-state index is 0.192. The average molecular weight is 459 g/mol. The SMILES string of the molecule is CCOc1cccc2c1O[C@@]1(C)C[C@H]2NC(=O)N1c1cccc(C(=O)NCc2ccccn2)c1. The van der Waals surface area contributed by atoms with Gasteiger partial charge in [-0.2, -0.15) is 0 Å². The number of nitrogens with zero attached hydrogens (tertiary/aromatic N) is 2. The Morgan fingerprint density at radius 1 is 1.24 bits per heavy atom. The third kappa shape index (κ3) is 3.91. The monoisotopic (exact) mass is 458 g/mol. The maximum atomic E-state index is 13.2. The third-order valence-electron chi connectivity index (χ3n) is 6.09. The van der Waals surface area contributed by atoms with Crippen molar-refractivity contribution < 1.29 is 19.1 Å². The summed E-state index contributed by atoms with van der Waals surface area (Å²) in [6.07, 6.45) is 2.24. The standard InChI is InChI=1S/C26H26N4O4/c1-3-33-22-12-7-11-20-21-15-26(2,34-23(20)22)30(25(32)29-21)19-10-6-8-17(14-19)24(31)28-16-18-9-4-5-13-27-18/h4-14,21H,3,15-16H2,1-2H3,(H,28,31)(H,29,32)/t21-,26+/m1/s1. The second-order valence-corrected chi connectivity index (χ2v) is 8.48. The zero-order valence-corrected chi connectivity index (χ0v) is 19.1. The van der Waals surface area contributed by atoms with Gasteiger partial charge in [-0.3, -0.25) is 14.7 Å². The molecule has 0 saturated carbocycles. The second-order valence-electron chi connectivity index (χ2n) is 8.48. The molecule has 0 aliphatic carbocycles. The number of carbonyl (C=O) groups is 2. The molecule has 1 fully saturated rings. The lowest BCUT2D eigenvalue weighted by Gasteiger charge is -2.50. The molecule has 3 amide bonds. The fourth-order valence-electron chi connectivity index (χ4n) is 4.58. The summed E-state index contributed by atoms with van der Waals surface area (Å²) in [5, 5.41) is 5.96. The maximum absolute atomic E-state index is 13.2.